The normalized spacial score (nSPS) is 19.7. The third-order valence-corrected chi connectivity index (χ3v) is 3.92. The maximum Gasteiger partial charge on any atom is 0.237 e. The molecule has 1 atom stereocenters. The summed E-state index contributed by atoms with van der Waals surface area (Å²) in [6, 6.07) is 9.83. The number of carbonyl (C=O) groups is 1. The maximum absolute atomic E-state index is 12.2. The Labute approximate surface area is 138 Å². The van der Waals surface area contributed by atoms with E-state index in [4.69, 9.17) is 4.74 Å². The minimum atomic E-state index is -0.126. The topological polar surface area (TPSA) is 62.7 Å². The van der Waals surface area contributed by atoms with Gasteiger partial charge >= 0.3 is 0 Å². The summed E-state index contributed by atoms with van der Waals surface area (Å²) in [6.45, 7) is 4.58. The van der Waals surface area contributed by atoms with E-state index < -0.39 is 0 Å². The van der Waals surface area contributed by atoms with Gasteiger partial charge in [0.2, 0.25) is 5.91 Å². The number of hydrogen-bond donors (Lipinski definition) is 2. The van der Waals surface area contributed by atoms with Crippen LogP contribution in [0.2, 0.25) is 0 Å². The smallest absolute Gasteiger partial charge is 0.237 e. The van der Waals surface area contributed by atoms with Crippen molar-refractivity contribution in [1.82, 2.24) is 10.6 Å². The van der Waals surface area contributed by atoms with Gasteiger partial charge in [0.05, 0.1) is 6.04 Å². The first-order chi connectivity index (χ1) is 11.3. The molecule has 0 unspecified atom stereocenters. The Morgan fingerprint density at radius 3 is 2.91 bits per heavy atom. The molecule has 23 heavy (non-hydrogen) atoms. The molecular weight excluding hydrogens is 290 g/mol. The zero-order chi connectivity index (χ0) is 16.3. The van der Waals surface area contributed by atoms with E-state index in [0.717, 1.165) is 43.6 Å². The van der Waals surface area contributed by atoms with E-state index in [0.29, 0.717) is 19.8 Å². The van der Waals surface area contributed by atoms with Crippen LogP contribution >= 0.6 is 0 Å². The zero-order valence-electron chi connectivity index (χ0n) is 13.9. The summed E-state index contributed by atoms with van der Waals surface area (Å²) in [5.74, 6) is 0.0621. The Balaban J connectivity index is 1.65. The van der Waals surface area contributed by atoms with Gasteiger partial charge in [0.25, 0.3) is 0 Å². The first kappa shape index (κ1) is 17.6. The second-order valence-corrected chi connectivity index (χ2v) is 5.79. The first-order valence-corrected chi connectivity index (χ1v) is 8.44. The van der Waals surface area contributed by atoms with Gasteiger partial charge in [-0.3, -0.25) is 9.79 Å². The number of carbonyl (C=O) groups excluding carboxylic acids is 1. The number of rotatable bonds is 8. The van der Waals surface area contributed by atoms with Crippen molar-refractivity contribution in [1.29, 1.82) is 0 Å². The van der Waals surface area contributed by atoms with Crippen molar-refractivity contribution in [3.8, 4) is 0 Å². The Kier molecular flexibility index (Phi) is 7.77. The first-order valence-electron chi connectivity index (χ1n) is 8.44. The van der Waals surface area contributed by atoms with Gasteiger partial charge in [0, 0.05) is 25.4 Å². The molecule has 1 aromatic carbocycles. The fourth-order valence-corrected chi connectivity index (χ4v) is 2.46. The van der Waals surface area contributed by atoms with Gasteiger partial charge in [-0.1, -0.05) is 43.7 Å². The number of piperidine rings is 1. The van der Waals surface area contributed by atoms with Crippen molar-refractivity contribution in [2.75, 3.05) is 19.9 Å². The van der Waals surface area contributed by atoms with Crippen LogP contribution in [0.1, 0.15) is 38.2 Å². The number of ether oxygens (including phenoxy) is 1. The zero-order valence-corrected chi connectivity index (χ0v) is 13.9. The molecule has 0 aliphatic carbocycles. The lowest BCUT2D eigenvalue weighted by atomic mass is 10.0. The highest BCUT2D eigenvalue weighted by Gasteiger charge is 2.22. The second-order valence-electron chi connectivity index (χ2n) is 5.79. The summed E-state index contributed by atoms with van der Waals surface area (Å²) < 4.78 is 5.44. The van der Waals surface area contributed by atoms with E-state index in [-0.39, 0.29) is 11.9 Å². The van der Waals surface area contributed by atoms with Crippen LogP contribution in [-0.2, 0) is 16.1 Å². The molecule has 1 fully saturated rings. The molecule has 5 heteroatoms. The lowest BCUT2D eigenvalue weighted by Gasteiger charge is -2.24. The molecular formula is C18H27N3O2. The summed E-state index contributed by atoms with van der Waals surface area (Å²) in [7, 11) is 0. The highest BCUT2D eigenvalue weighted by Crippen LogP contribution is 2.07. The Hall–Kier alpha value is -1.72. The van der Waals surface area contributed by atoms with Crippen molar-refractivity contribution in [2.45, 2.75) is 45.2 Å². The van der Waals surface area contributed by atoms with Crippen LogP contribution in [0.3, 0.4) is 0 Å². The average Bonchev–Trinajstić information content (AvgIpc) is 2.61. The molecule has 1 amide bonds. The number of benzene rings is 1. The SMILES string of the molecule is CCCCOCN=C1CC[C@@H](C(=O)NCc2ccccc2)NC1. The van der Waals surface area contributed by atoms with Gasteiger partial charge < -0.3 is 15.4 Å². The largest absolute Gasteiger partial charge is 0.359 e. The molecule has 0 bridgehead atoms. The number of hydrogen-bond acceptors (Lipinski definition) is 4. The van der Waals surface area contributed by atoms with Gasteiger partial charge in [-0.15, -0.1) is 0 Å². The van der Waals surface area contributed by atoms with Gasteiger partial charge in [0.1, 0.15) is 6.73 Å². The molecule has 1 aromatic rings. The second kappa shape index (κ2) is 10.1. The van der Waals surface area contributed by atoms with Crippen LogP contribution in [0.25, 0.3) is 0 Å². The Bertz CT molecular complexity index is 492. The molecule has 0 saturated carbocycles. The van der Waals surface area contributed by atoms with E-state index in [1.807, 2.05) is 30.3 Å². The third kappa shape index (κ3) is 6.50. The van der Waals surface area contributed by atoms with Gasteiger partial charge in [-0.2, -0.15) is 0 Å². The summed E-state index contributed by atoms with van der Waals surface area (Å²) in [6.07, 6.45) is 3.85. The summed E-state index contributed by atoms with van der Waals surface area (Å²) in [5, 5.41) is 6.24. The fraction of sp³-hybridized carbons (Fsp3) is 0.556. The molecule has 1 aliphatic rings. The number of nitrogens with one attached hydrogen (secondary N) is 2. The molecule has 1 heterocycles. The van der Waals surface area contributed by atoms with Crippen molar-refractivity contribution in [3.05, 3.63) is 35.9 Å². The van der Waals surface area contributed by atoms with E-state index in [1.165, 1.54) is 0 Å². The highest BCUT2D eigenvalue weighted by atomic mass is 16.5. The molecule has 1 saturated heterocycles. The van der Waals surface area contributed by atoms with Crippen molar-refractivity contribution >= 4 is 11.6 Å². The van der Waals surface area contributed by atoms with Crippen LogP contribution in [0.15, 0.2) is 35.3 Å². The minimum absolute atomic E-state index is 0.0621. The van der Waals surface area contributed by atoms with E-state index >= 15 is 0 Å². The lowest BCUT2D eigenvalue weighted by Crippen LogP contribution is -2.49. The van der Waals surface area contributed by atoms with E-state index in [2.05, 4.69) is 22.5 Å². The van der Waals surface area contributed by atoms with Crippen LogP contribution < -0.4 is 10.6 Å². The Morgan fingerprint density at radius 1 is 1.39 bits per heavy atom. The monoisotopic (exact) mass is 317 g/mol. The molecule has 2 rings (SSSR count). The van der Waals surface area contributed by atoms with Crippen LogP contribution in [0.4, 0.5) is 0 Å². The summed E-state index contributed by atoms with van der Waals surface area (Å²) >= 11 is 0. The third-order valence-electron chi connectivity index (χ3n) is 3.92. The molecule has 126 valence electrons. The molecule has 5 nitrogen and oxygen atoms in total. The molecule has 0 radical (unpaired) electrons. The minimum Gasteiger partial charge on any atom is -0.359 e. The van der Waals surface area contributed by atoms with E-state index in [9.17, 15) is 4.79 Å². The molecule has 0 aromatic heterocycles. The van der Waals surface area contributed by atoms with Crippen LogP contribution in [-0.4, -0.2) is 37.5 Å². The summed E-state index contributed by atoms with van der Waals surface area (Å²) in [5.41, 5.74) is 2.21. The van der Waals surface area contributed by atoms with Crippen molar-refractivity contribution < 1.29 is 9.53 Å². The van der Waals surface area contributed by atoms with Crippen molar-refractivity contribution in [3.63, 3.8) is 0 Å². The molecule has 0 spiro atoms. The molecule has 2 N–H and O–H groups in total. The molecule has 1 aliphatic heterocycles. The van der Waals surface area contributed by atoms with Crippen LogP contribution in [0.5, 0.6) is 0 Å². The van der Waals surface area contributed by atoms with Gasteiger partial charge in [0.15, 0.2) is 0 Å². The predicted molar refractivity (Wildman–Crippen MR) is 92.5 cm³/mol. The van der Waals surface area contributed by atoms with Gasteiger partial charge in [-0.25, -0.2) is 0 Å². The summed E-state index contributed by atoms with van der Waals surface area (Å²) in [4.78, 5) is 16.6. The van der Waals surface area contributed by atoms with Crippen LogP contribution in [0, 0.1) is 0 Å². The average molecular weight is 317 g/mol. The van der Waals surface area contributed by atoms with Crippen molar-refractivity contribution in [2.24, 2.45) is 4.99 Å². The highest BCUT2D eigenvalue weighted by molar-refractivity contribution is 5.90. The number of amides is 1. The Morgan fingerprint density at radius 2 is 2.22 bits per heavy atom. The standard InChI is InChI=1S/C18H27N3O2/c1-2-3-11-23-14-21-16-9-10-17(19-13-16)18(22)20-12-15-7-5-4-6-8-15/h4-8,17,19H,2-3,9-14H2,1H3,(H,20,22)/t17-/m0/s1. The number of aliphatic imine (C=N–C) groups is 1. The fourth-order valence-electron chi connectivity index (χ4n) is 2.46. The lowest BCUT2D eigenvalue weighted by molar-refractivity contribution is -0.123. The quantitative estimate of drug-likeness (QED) is 0.723. The van der Waals surface area contributed by atoms with Gasteiger partial charge in [-0.05, 0) is 24.8 Å². The number of unbranched alkanes of at least 4 members (excludes halogenated alkanes) is 1. The maximum atomic E-state index is 12.2. The number of nitrogens with zero attached hydrogens (tertiary/aromatic N) is 1. The van der Waals surface area contributed by atoms with E-state index in [1.54, 1.807) is 0 Å². The predicted octanol–water partition coefficient (Wildman–Crippen LogP) is 2.27.